The molecule has 0 radical (unpaired) electrons. The number of hydrogen-bond acceptors (Lipinski definition) is 5. The van der Waals surface area contributed by atoms with Crippen LogP contribution in [-0.2, 0) is 4.79 Å². The Morgan fingerprint density at radius 2 is 1.68 bits per heavy atom. The van der Waals surface area contributed by atoms with Crippen LogP contribution >= 0.6 is 38.6 Å². The molecule has 22 heavy (non-hydrogen) atoms. The van der Waals surface area contributed by atoms with E-state index in [2.05, 4.69) is 32.1 Å². The predicted molar refractivity (Wildman–Crippen MR) is 89.0 cm³/mol. The summed E-state index contributed by atoms with van der Waals surface area (Å²) in [6.07, 6.45) is 0. The molecule has 2 aromatic heterocycles. The van der Waals surface area contributed by atoms with Gasteiger partial charge in [-0.3, -0.25) is 25.2 Å². The molecule has 0 spiro atoms. The molecule has 0 aliphatic carbocycles. The van der Waals surface area contributed by atoms with E-state index in [0.29, 0.717) is 9.75 Å². The average molecular weight is 402 g/mol. The van der Waals surface area contributed by atoms with Crippen LogP contribution < -0.4 is 16.2 Å². The minimum atomic E-state index is -0.509. The summed E-state index contributed by atoms with van der Waals surface area (Å²) >= 11 is 5.85. The molecule has 2 aromatic rings. The summed E-state index contributed by atoms with van der Waals surface area (Å²) in [6.45, 7) is 1.68. The number of hydrogen-bond donors (Lipinski definition) is 3. The molecule has 0 saturated heterocycles. The number of nitrogens with one attached hydrogen (secondary N) is 3. The zero-order chi connectivity index (χ0) is 16.1. The van der Waals surface area contributed by atoms with E-state index in [0.717, 1.165) is 8.66 Å². The van der Waals surface area contributed by atoms with E-state index in [1.165, 1.54) is 22.7 Å². The molecule has 0 saturated carbocycles. The van der Waals surface area contributed by atoms with E-state index in [4.69, 9.17) is 0 Å². The van der Waals surface area contributed by atoms with Gasteiger partial charge in [-0.2, -0.15) is 0 Å². The fraction of sp³-hybridized carbons (Fsp3) is 0.154. The molecular weight excluding hydrogens is 390 g/mol. The van der Waals surface area contributed by atoms with Crippen LogP contribution in [0.25, 0.3) is 0 Å². The van der Waals surface area contributed by atoms with Crippen LogP contribution in [0.15, 0.2) is 28.1 Å². The summed E-state index contributed by atoms with van der Waals surface area (Å²) in [4.78, 5) is 37.1. The first kappa shape index (κ1) is 16.7. The first-order chi connectivity index (χ1) is 10.5. The SMILES string of the molecule is Cc1ccc(C(=O)NCC(=O)NNC(=O)c2ccc(Br)s2)s1. The Morgan fingerprint density at radius 3 is 2.27 bits per heavy atom. The van der Waals surface area contributed by atoms with Gasteiger partial charge in [0.2, 0.25) is 0 Å². The maximum atomic E-state index is 11.8. The lowest BCUT2D eigenvalue weighted by atomic mass is 10.4. The Hall–Kier alpha value is -1.71. The first-order valence-corrected chi connectivity index (χ1v) is 8.57. The van der Waals surface area contributed by atoms with Crippen molar-refractivity contribution in [3.05, 3.63) is 42.7 Å². The number of carbonyl (C=O) groups excluding carboxylic acids is 3. The summed E-state index contributed by atoms with van der Waals surface area (Å²) in [7, 11) is 0. The normalized spacial score (nSPS) is 10.1. The van der Waals surface area contributed by atoms with Gasteiger partial charge in [-0.1, -0.05) is 0 Å². The van der Waals surface area contributed by atoms with Crippen LogP contribution in [0.4, 0.5) is 0 Å². The van der Waals surface area contributed by atoms with Gasteiger partial charge >= 0.3 is 0 Å². The average Bonchev–Trinajstić information content (AvgIpc) is 3.10. The smallest absolute Gasteiger partial charge is 0.279 e. The number of thiophene rings is 2. The highest BCUT2D eigenvalue weighted by atomic mass is 79.9. The molecule has 2 rings (SSSR count). The zero-order valence-electron chi connectivity index (χ0n) is 11.4. The fourth-order valence-electron chi connectivity index (χ4n) is 1.47. The molecule has 0 aliphatic heterocycles. The summed E-state index contributed by atoms with van der Waals surface area (Å²) in [6, 6.07) is 6.91. The molecule has 0 aliphatic rings. The van der Waals surface area contributed by atoms with Crippen molar-refractivity contribution in [2.75, 3.05) is 6.54 Å². The van der Waals surface area contributed by atoms with Crippen molar-refractivity contribution >= 4 is 56.3 Å². The van der Waals surface area contributed by atoms with Crippen molar-refractivity contribution in [3.8, 4) is 0 Å². The van der Waals surface area contributed by atoms with Gasteiger partial charge in [0.15, 0.2) is 0 Å². The highest BCUT2D eigenvalue weighted by Crippen LogP contribution is 2.21. The first-order valence-electron chi connectivity index (χ1n) is 6.15. The van der Waals surface area contributed by atoms with Crippen molar-refractivity contribution in [1.82, 2.24) is 16.2 Å². The topological polar surface area (TPSA) is 87.3 Å². The monoisotopic (exact) mass is 401 g/mol. The minimum absolute atomic E-state index is 0.218. The van der Waals surface area contributed by atoms with Gasteiger partial charge in [-0.25, -0.2) is 0 Å². The van der Waals surface area contributed by atoms with Crippen LogP contribution in [-0.4, -0.2) is 24.3 Å². The molecule has 116 valence electrons. The minimum Gasteiger partial charge on any atom is -0.342 e. The maximum absolute atomic E-state index is 11.8. The standard InChI is InChI=1S/C13H12BrN3O3S2/c1-7-2-3-8(21-7)12(19)15-6-11(18)16-17-13(20)9-4-5-10(14)22-9/h2-5H,6H2,1H3,(H,15,19)(H,16,18)(H,17,20). The Kier molecular flexibility index (Phi) is 5.69. The Labute approximate surface area is 143 Å². The van der Waals surface area contributed by atoms with Gasteiger partial charge in [0.05, 0.1) is 20.1 Å². The second-order valence-electron chi connectivity index (χ2n) is 4.20. The summed E-state index contributed by atoms with van der Waals surface area (Å²) in [5.41, 5.74) is 4.53. The number of carbonyl (C=O) groups is 3. The largest absolute Gasteiger partial charge is 0.342 e. The molecule has 0 fully saturated rings. The molecule has 0 bridgehead atoms. The van der Waals surface area contributed by atoms with E-state index in [1.807, 2.05) is 13.0 Å². The van der Waals surface area contributed by atoms with Crippen molar-refractivity contribution in [2.24, 2.45) is 0 Å². The highest BCUT2D eigenvalue weighted by molar-refractivity contribution is 9.11. The van der Waals surface area contributed by atoms with Crippen LogP contribution in [0.1, 0.15) is 24.2 Å². The van der Waals surface area contributed by atoms with Gasteiger partial charge in [0, 0.05) is 4.88 Å². The highest BCUT2D eigenvalue weighted by Gasteiger charge is 2.12. The third-order valence-corrected chi connectivity index (χ3v) is 5.11. The van der Waals surface area contributed by atoms with Crippen molar-refractivity contribution in [2.45, 2.75) is 6.92 Å². The molecule has 3 amide bonds. The summed E-state index contributed by atoms with van der Waals surface area (Å²) < 4.78 is 0.822. The van der Waals surface area contributed by atoms with Crippen molar-refractivity contribution in [1.29, 1.82) is 0 Å². The molecule has 0 unspecified atom stereocenters. The van der Waals surface area contributed by atoms with E-state index in [9.17, 15) is 14.4 Å². The Morgan fingerprint density at radius 1 is 1.00 bits per heavy atom. The van der Waals surface area contributed by atoms with Gasteiger partial charge < -0.3 is 5.32 Å². The van der Waals surface area contributed by atoms with E-state index >= 15 is 0 Å². The van der Waals surface area contributed by atoms with Crippen LogP contribution in [0.2, 0.25) is 0 Å². The maximum Gasteiger partial charge on any atom is 0.279 e. The van der Waals surface area contributed by atoms with E-state index < -0.39 is 11.8 Å². The zero-order valence-corrected chi connectivity index (χ0v) is 14.7. The lowest BCUT2D eigenvalue weighted by molar-refractivity contribution is -0.120. The molecule has 9 heteroatoms. The molecule has 6 nitrogen and oxygen atoms in total. The number of rotatable bonds is 4. The van der Waals surface area contributed by atoms with Crippen molar-refractivity contribution in [3.63, 3.8) is 0 Å². The van der Waals surface area contributed by atoms with Gasteiger partial charge in [0.1, 0.15) is 0 Å². The molecule has 3 N–H and O–H groups in total. The lowest BCUT2D eigenvalue weighted by Crippen LogP contribution is -2.46. The number of hydrazine groups is 1. The number of halogens is 1. The van der Waals surface area contributed by atoms with E-state index in [-0.39, 0.29) is 12.5 Å². The van der Waals surface area contributed by atoms with Crippen LogP contribution in [0.3, 0.4) is 0 Å². The second-order valence-corrected chi connectivity index (χ2v) is 7.95. The fourth-order valence-corrected chi connectivity index (χ4v) is 3.54. The van der Waals surface area contributed by atoms with Crippen LogP contribution in [0, 0.1) is 6.92 Å². The summed E-state index contributed by atoms with van der Waals surface area (Å²) in [5, 5.41) is 2.48. The molecule has 2 heterocycles. The van der Waals surface area contributed by atoms with Gasteiger partial charge in [-0.15, -0.1) is 22.7 Å². The number of amides is 3. The van der Waals surface area contributed by atoms with E-state index in [1.54, 1.807) is 18.2 Å². The Balaban J connectivity index is 1.74. The molecule has 0 atom stereocenters. The lowest BCUT2D eigenvalue weighted by Gasteiger charge is -2.07. The molecule has 0 aromatic carbocycles. The third-order valence-electron chi connectivity index (χ3n) is 2.49. The second kappa shape index (κ2) is 7.52. The third kappa shape index (κ3) is 4.65. The predicted octanol–water partition coefficient (Wildman–Crippen LogP) is 2.07. The quantitative estimate of drug-likeness (QED) is 0.685. The van der Waals surface area contributed by atoms with Gasteiger partial charge in [0.25, 0.3) is 17.7 Å². The number of aryl methyl sites for hydroxylation is 1. The van der Waals surface area contributed by atoms with Crippen LogP contribution in [0.5, 0.6) is 0 Å². The van der Waals surface area contributed by atoms with Crippen molar-refractivity contribution < 1.29 is 14.4 Å². The van der Waals surface area contributed by atoms with Gasteiger partial charge in [-0.05, 0) is 47.1 Å². The summed E-state index contributed by atoms with van der Waals surface area (Å²) in [5.74, 6) is -1.24. The molecular formula is C13H12BrN3O3S2. The Bertz CT molecular complexity index is 653.